The maximum Gasteiger partial charge on any atom is 0.271 e. The number of carbonyl (C=O) groups is 2. The molecule has 0 bridgehead atoms. The molecule has 2 amide bonds. The topological polar surface area (TPSA) is 80.1 Å². The number of nitrogens with one attached hydrogen (secondary N) is 1. The smallest absolute Gasteiger partial charge is 0.271 e. The Morgan fingerprint density at radius 1 is 1.35 bits per heavy atom. The number of nitrogens with zero attached hydrogens (tertiary/aromatic N) is 4. The predicted molar refractivity (Wildman–Crippen MR) is 97.2 cm³/mol. The zero-order valence-electron chi connectivity index (χ0n) is 15.5. The number of amides is 2. The normalized spacial score (nSPS) is 16.5. The molecule has 26 heavy (non-hydrogen) atoms. The Morgan fingerprint density at radius 3 is 2.85 bits per heavy atom. The first kappa shape index (κ1) is 18.1. The first-order valence-corrected chi connectivity index (χ1v) is 8.99. The lowest BCUT2D eigenvalue weighted by atomic mass is 10.1. The Kier molecular flexibility index (Phi) is 5.35. The summed E-state index contributed by atoms with van der Waals surface area (Å²) in [5.74, 6) is 1.01. The van der Waals surface area contributed by atoms with Crippen molar-refractivity contribution in [2.45, 2.75) is 46.3 Å². The maximum absolute atomic E-state index is 12.4. The minimum Gasteiger partial charge on any atom is -0.347 e. The molecular weight excluding hydrogens is 330 g/mol. The summed E-state index contributed by atoms with van der Waals surface area (Å²) in [5, 5.41) is 2.86. The molecule has 138 valence electrons. The highest BCUT2D eigenvalue weighted by Gasteiger charge is 2.30. The van der Waals surface area contributed by atoms with Crippen LogP contribution in [0, 0.1) is 5.92 Å². The van der Waals surface area contributed by atoms with E-state index in [-0.39, 0.29) is 17.9 Å². The van der Waals surface area contributed by atoms with E-state index < -0.39 is 0 Å². The third-order valence-corrected chi connectivity index (χ3v) is 4.54. The molecule has 0 unspecified atom stereocenters. The summed E-state index contributed by atoms with van der Waals surface area (Å²) in [5.41, 5.74) is 1.32. The molecule has 0 saturated heterocycles. The van der Waals surface area contributed by atoms with Crippen molar-refractivity contribution in [2.24, 2.45) is 5.92 Å². The van der Waals surface area contributed by atoms with E-state index in [9.17, 15) is 9.59 Å². The van der Waals surface area contributed by atoms with Crippen LogP contribution in [0.15, 0.2) is 30.7 Å². The number of rotatable bonds is 5. The highest BCUT2D eigenvalue weighted by molar-refractivity contribution is 5.92. The van der Waals surface area contributed by atoms with E-state index in [1.807, 2.05) is 42.4 Å². The van der Waals surface area contributed by atoms with Gasteiger partial charge < -0.3 is 14.8 Å². The zero-order valence-corrected chi connectivity index (χ0v) is 15.5. The second-order valence-corrected chi connectivity index (χ2v) is 7.08. The van der Waals surface area contributed by atoms with Gasteiger partial charge in [-0.1, -0.05) is 19.9 Å². The lowest BCUT2D eigenvalue weighted by Crippen LogP contribution is -2.41. The van der Waals surface area contributed by atoms with Gasteiger partial charge in [0, 0.05) is 44.6 Å². The fourth-order valence-electron chi connectivity index (χ4n) is 3.18. The zero-order chi connectivity index (χ0) is 18.7. The number of hydrogen-bond donors (Lipinski definition) is 1. The SMILES string of the molecule is CC(C)CC(=O)N1CCn2cc(C(=O)NCc3cccnc3)nc2[C@@H]1C. The summed E-state index contributed by atoms with van der Waals surface area (Å²) in [6.07, 6.45) is 5.72. The molecule has 7 nitrogen and oxygen atoms in total. The van der Waals surface area contributed by atoms with Gasteiger partial charge in [0.05, 0.1) is 6.04 Å². The van der Waals surface area contributed by atoms with Crippen molar-refractivity contribution in [1.29, 1.82) is 0 Å². The lowest BCUT2D eigenvalue weighted by molar-refractivity contribution is -0.135. The molecule has 2 aromatic rings. The fourth-order valence-corrected chi connectivity index (χ4v) is 3.18. The van der Waals surface area contributed by atoms with Gasteiger partial charge in [-0.3, -0.25) is 14.6 Å². The van der Waals surface area contributed by atoms with Crippen LogP contribution in [0.4, 0.5) is 0 Å². The third kappa shape index (κ3) is 3.92. The van der Waals surface area contributed by atoms with Crippen LogP contribution in [0.3, 0.4) is 0 Å². The summed E-state index contributed by atoms with van der Waals surface area (Å²) in [6, 6.07) is 3.61. The van der Waals surface area contributed by atoms with Gasteiger partial charge in [0.1, 0.15) is 11.5 Å². The van der Waals surface area contributed by atoms with E-state index in [1.165, 1.54) is 0 Å². The van der Waals surface area contributed by atoms with Crippen LogP contribution in [0.5, 0.6) is 0 Å². The van der Waals surface area contributed by atoms with Crippen LogP contribution in [-0.2, 0) is 17.9 Å². The summed E-state index contributed by atoms with van der Waals surface area (Å²) in [4.78, 5) is 35.2. The molecular formula is C19H25N5O2. The van der Waals surface area contributed by atoms with Crippen molar-refractivity contribution in [1.82, 2.24) is 24.8 Å². The van der Waals surface area contributed by atoms with Gasteiger partial charge in [-0.05, 0) is 24.5 Å². The Bertz CT molecular complexity index is 784. The third-order valence-electron chi connectivity index (χ3n) is 4.54. The second-order valence-electron chi connectivity index (χ2n) is 7.08. The van der Waals surface area contributed by atoms with Crippen LogP contribution in [0.2, 0.25) is 0 Å². The summed E-state index contributed by atoms with van der Waals surface area (Å²) < 4.78 is 1.98. The lowest BCUT2D eigenvalue weighted by Gasteiger charge is -2.34. The average molecular weight is 355 g/mol. The van der Waals surface area contributed by atoms with Crippen molar-refractivity contribution in [3.05, 3.63) is 47.8 Å². The van der Waals surface area contributed by atoms with E-state index >= 15 is 0 Å². The number of fused-ring (bicyclic) bond motifs is 1. The molecule has 0 fully saturated rings. The number of carbonyl (C=O) groups excluding carboxylic acids is 2. The van der Waals surface area contributed by atoms with Crippen molar-refractivity contribution in [3.63, 3.8) is 0 Å². The first-order chi connectivity index (χ1) is 12.5. The minimum atomic E-state index is -0.219. The molecule has 1 aliphatic rings. The summed E-state index contributed by atoms with van der Waals surface area (Å²) in [7, 11) is 0. The van der Waals surface area contributed by atoms with Crippen LogP contribution in [-0.4, -0.2) is 37.8 Å². The number of aromatic nitrogens is 3. The molecule has 1 atom stereocenters. The second kappa shape index (κ2) is 7.68. The average Bonchev–Trinajstić information content (AvgIpc) is 3.05. The van der Waals surface area contributed by atoms with Crippen molar-refractivity contribution in [2.75, 3.05) is 6.54 Å². The molecule has 0 radical (unpaired) electrons. The van der Waals surface area contributed by atoms with Gasteiger partial charge >= 0.3 is 0 Å². The summed E-state index contributed by atoms with van der Waals surface area (Å²) in [6.45, 7) is 7.76. The maximum atomic E-state index is 12.4. The Hall–Kier alpha value is -2.70. The van der Waals surface area contributed by atoms with Crippen LogP contribution >= 0.6 is 0 Å². The molecule has 2 aromatic heterocycles. The molecule has 0 aliphatic carbocycles. The molecule has 0 saturated carbocycles. The fraction of sp³-hybridized carbons (Fsp3) is 0.474. The quantitative estimate of drug-likeness (QED) is 0.891. The highest BCUT2D eigenvalue weighted by atomic mass is 16.2. The van der Waals surface area contributed by atoms with Gasteiger partial charge in [0.25, 0.3) is 5.91 Å². The minimum absolute atomic E-state index is 0.130. The number of imidazole rings is 1. The standard InChI is InChI=1S/C19H25N5O2/c1-13(2)9-17(25)24-8-7-23-12-16(22-18(23)14(24)3)19(26)21-11-15-5-4-6-20-10-15/h4-6,10,12-14H,7-9,11H2,1-3H3,(H,21,26)/t14-/m0/s1. The van der Waals surface area contributed by atoms with Crippen LogP contribution in [0.25, 0.3) is 0 Å². The van der Waals surface area contributed by atoms with Crippen molar-refractivity contribution < 1.29 is 9.59 Å². The first-order valence-electron chi connectivity index (χ1n) is 8.99. The Morgan fingerprint density at radius 2 is 2.15 bits per heavy atom. The number of hydrogen-bond acceptors (Lipinski definition) is 4. The molecule has 3 heterocycles. The van der Waals surface area contributed by atoms with Gasteiger partial charge in [-0.25, -0.2) is 4.98 Å². The molecule has 1 aliphatic heterocycles. The molecule has 0 spiro atoms. The van der Waals surface area contributed by atoms with Crippen molar-refractivity contribution >= 4 is 11.8 Å². The van der Waals surface area contributed by atoms with E-state index in [0.717, 1.165) is 11.4 Å². The summed E-state index contributed by atoms with van der Waals surface area (Å²) >= 11 is 0. The largest absolute Gasteiger partial charge is 0.347 e. The van der Waals surface area contributed by atoms with Crippen LogP contribution < -0.4 is 5.32 Å². The Balaban J connectivity index is 1.68. The monoisotopic (exact) mass is 355 g/mol. The molecule has 3 rings (SSSR count). The molecule has 0 aromatic carbocycles. The van der Waals surface area contributed by atoms with Crippen LogP contribution in [0.1, 0.15) is 55.1 Å². The molecule has 1 N–H and O–H groups in total. The predicted octanol–water partition coefficient (Wildman–Crippen LogP) is 2.16. The molecule has 7 heteroatoms. The van der Waals surface area contributed by atoms with Gasteiger partial charge in [-0.15, -0.1) is 0 Å². The van der Waals surface area contributed by atoms with Gasteiger partial charge in [0.2, 0.25) is 5.91 Å². The van der Waals surface area contributed by atoms with Crippen molar-refractivity contribution in [3.8, 4) is 0 Å². The van der Waals surface area contributed by atoms with E-state index in [1.54, 1.807) is 18.6 Å². The highest BCUT2D eigenvalue weighted by Crippen LogP contribution is 2.26. The van der Waals surface area contributed by atoms with E-state index in [4.69, 9.17) is 0 Å². The Labute approximate surface area is 153 Å². The van der Waals surface area contributed by atoms with E-state index in [2.05, 4.69) is 15.3 Å². The number of pyridine rings is 1. The van der Waals surface area contributed by atoms with E-state index in [0.29, 0.717) is 37.7 Å². The van der Waals surface area contributed by atoms with Gasteiger partial charge in [0.15, 0.2) is 0 Å². The van der Waals surface area contributed by atoms with Gasteiger partial charge in [-0.2, -0.15) is 0 Å².